The topological polar surface area (TPSA) is 633 Å². The highest BCUT2D eigenvalue weighted by molar-refractivity contribution is 5.03. The van der Waals surface area contributed by atoms with Crippen LogP contribution in [0.1, 0.15) is 0 Å². The minimum atomic E-state index is -2.35. The van der Waals surface area contributed by atoms with Gasteiger partial charge in [-0.05, 0) is 0 Å². The molecule has 0 radical (unpaired) electrons. The number of rotatable bonds is 10. The maximum Gasteiger partial charge on any atom is 0.187 e. The molecular weight excluding hydrogens is 1220 g/mol. The highest BCUT2D eigenvalue weighted by Gasteiger charge is 2.61. The molecule has 0 amide bonds. The summed E-state index contributed by atoms with van der Waals surface area (Å²) >= 11 is 0. The fourth-order valence-corrected chi connectivity index (χ4v) is 12.0. The first-order valence-electron chi connectivity index (χ1n) is 28.1. The van der Waals surface area contributed by atoms with Gasteiger partial charge in [-0.1, -0.05) is 0 Å². The second-order valence-corrected chi connectivity index (χ2v) is 22.5. The Balaban J connectivity index is 1.04. The van der Waals surface area contributed by atoms with Crippen molar-refractivity contribution in [2.45, 2.75) is 246 Å². The molecule has 0 aromatic rings. The third-order valence-corrected chi connectivity index (χ3v) is 16.9. The molecule has 16 heterocycles. The molecule has 16 aliphatic heterocycles. The third kappa shape index (κ3) is 13.8. The van der Waals surface area contributed by atoms with E-state index in [1.54, 1.807) is 0 Å². The Morgan fingerprint density at radius 3 is 0.614 bits per heavy atom. The zero-order valence-electron chi connectivity index (χ0n) is 46.0. The SMILES string of the molecule is OC[C@H]1O[C@H](O)[C@H](O)[C@@H](O)[C@@H]1O[C@H]1[C@H]2O[C@H]3[C@@H](O)[C@H](O)[C@@H](O[C@H]4[C@@H](O)[C@H](O)C(O[C@H]5[C@@H](O)[C@@H](O)[C@@H](O[C@H]6[C@H](O)[C@@H](O)[C@@H](O[C@H]7[C@H](O)[C@@H](O)[C@@H](O[C@H]8[C@H](O)[C@@H](O)[C@@H](O[C@@H]([C@@H]1O)[C@@H](CO)O2)O[C@@H]8CO)O[C@@H]7CO)O[C@@H]6CO)O[C@@H]5CO)O[C@@H]4CO)O[C@@H]3CO. The Hall–Kier alpha value is -1.60. The maximum absolute atomic E-state index is 12.2. The molecule has 512 valence electrons. The minimum absolute atomic E-state index is 1.06. The highest BCUT2D eigenvalue weighted by Crippen LogP contribution is 2.40. The molecule has 88 heavy (non-hydrogen) atoms. The molecule has 0 saturated carbocycles. The van der Waals surface area contributed by atoms with Gasteiger partial charge in [0.15, 0.2) is 50.3 Å². The average Bonchev–Trinajstić information content (AvgIpc) is 1.40. The van der Waals surface area contributed by atoms with Crippen LogP contribution in [-0.2, 0) is 75.8 Å². The van der Waals surface area contributed by atoms with Crippen LogP contribution in [-0.4, -0.2) is 421 Å². The molecule has 0 spiro atoms. The van der Waals surface area contributed by atoms with E-state index in [1.165, 1.54) is 0 Å². The van der Waals surface area contributed by atoms with Gasteiger partial charge in [0.05, 0.1) is 52.9 Å². The second kappa shape index (κ2) is 30.0. The Bertz CT molecular complexity index is 2140. The van der Waals surface area contributed by atoms with Gasteiger partial charge in [0.1, 0.15) is 195 Å². The van der Waals surface area contributed by atoms with Gasteiger partial charge < -0.3 is 198 Å². The summed E-state index contributed by atoms with van der Waals surface area (Å²) in [6, 6.07) is 0. The summed E-state index contributed by atoms with van der Waals surface area (Å²) in [7, 11) is 0. The Morgan fingerprint density at radius 1 is 0.182 bits per heavy atom. The van der Waals surface area contributed by atoms with E-state index in [-0.39, 0.29) is 0 Å². The van der Waals surface area contributed by atoms with Gasteiger partial charge in [-0.15, -0.1) is 0 Å². The molecule has 0 aromatic carbocycles. The van der Waals surface area contributed by atoms with Gasteiger partial charge in [0.2, 0.25) is 0 Å². The van der Waals surface area contributed by atoms with Gasteiger partial charge in [0, 0.05) is 0 Å². The van der Waals surface area contributed by atoms with Crippen LogP contribution >= 0.6 is 0 Å². The first-order valence-corrected chi connectivity index (χ1v) is 28.1. The van der Waals surface area contributed by atoms with Crippen LogP contribution < -0.4 is 0 Å². The maximum atomic E-state index is 12.2. The number of aliphatic hydroxyl groups excluding tert-OH is 24. The van der Waals surface area contributed by atoms with Crippen LogP contribution in [0.25, 0.3) is 0 Å². The van der Waals surface area contributed by atoms with Crippen LogP contribution in [0.15, 0.2) is 0 Å². The third-order valence-electron chi connectivity index (χ3n) is 16.9. The summed E-state index contributed by atoms with van der Waals surface area (Å²) in [5.41, 5.74) is 0. The molecule has 40 nitrogen and oxygen atoms in total. The van der Waals surface area contributed by atoms with Crippen molar-refractivity contribution in [2.75, 3.05) is 52.9 Å². The van der Waals surface area contributed by atoms with Crippen molar-refractivity contribution in [3.8, 4) is 0 Å². The van der Waals surface area contributed by atoms with E-state index in [0.717, 1.165) is 0 Å². The first kappa shape index (κ1) is 70.7. The number of aliphatic hydroxyl groups is 24. The average molecular weight is 1300 g/mol. The summed E-state index contributed by atoms with van der Waals surface area (Å²) in [6.07, 6.45) is -83.5. The lowest BCUT2D eigenvalue weighted by Gasteiger charge is -2.51. The van der Waals surface area contributed by atoms with Crippen LogP contribution in [0.2, 0.25) is 0 Å². The molecule has 0 aromatic heterocycles. The van der Waals surface area contributed by atoms with E-state index in [4.69, 9.17) is 75.8 Å². The lowest BCUT2D eigenvalue weighted by molar-refractivity contribution is -0.404. The standard InChI is InChI=1S/C48H80O40/c49-1-9-32(17(57)24(64)41(72)73-9)81-40-31(71)39-16(8-56)80-48(40)88-38-15(7-55)79-46(30(70)23(38)63)86-36-13(5-53)77-44(28(68)21(36)61)84-34-11(3-51)75-42(26(66)19(34)59)82-33-10(2-50)74-43(25(65)18(33)58)83-35-12(4-52)76-45(27(67)20(35)60)85-37-14(6-54)78-47(87-39)29(69)22(37)62/h9-72H,1-8H2/t9-,10-,11-,12-,13-,14-,15-,16-,17-,18-,19+,20-,21+,22-,23+,24-,25-,26-,27-,28+,29-,30+,31+,32-,33-,34-,35-,36-,37-,38-,39-,40-,41+,42-,43-,44?,45-,46-,47-,48-/m1/s1. The van der Waals surface area contributed by atoms with Crippen LogP contribution in [0, 0.1) is 0 Å². The van der Waals surface area contributed by atoms with E-state index >= 15 is 0 Å². The number of hydrogen-bond donors (Lipinski definition) is 24. The summed E-state index contributed by atoms with van der Waals surface area (Å²) in [5, 5.41) is 266. The Labute approximate surface area is 496 Å². The van der Waals surface area contributed by atoms with Gasteiger partial charge in [-0.2, -0.15) is 0 Å². The van der Waals surface area contributed by atoms with Crippen LogP contribution in [0.4, 0.5) is 0 Å². The van der Waals surface area contributed by atoms with Crippen molar-refractivity contribution >= 4 is 0 Å². The lowest BCUT2D eigenvalue weighted by atomic mass is 9.94. The van der Waals surface area contributed by atoms with Crippen molar-refractivity contribution < 1.29 is 198 Å². The summed E-state index contributed by atoms with van der Waals surface area (Å²) in [6.45, 7) is -8.87. The number of hydrogen-bond acceptors (Lipinski definition) is 40. The highest BCUT2D eigenvalue weighted by atomic mass is 16.8. The van der Waals surface area contributed by atoms with Gasteiger partial charge in [0.25, 0.3) is 0 Å². The monoisotopic (exact) mass is 1300 g/mol. The summed E-state index contributed by atoms with van der Waals surface area (Å²) in [5.74, 6) is 0. The summed E-state index contributed by atoms with van der Waals surface area (Å²) < 4.78 is 92.1. The molecule has 40 atom stereocenters. The van der Waals surface area contributed by atoms with E-state index in [9.17, 15) is 123 Å². The molecule has 16 aliphatic rings. The minimum Gasteiger partial charge on any atom is -0.394 e. The smallest absolute Gasteiger partial charge is 0.187 e. The number of ether oxygens (including phenoxy) is 16. The molecule has 16 saturated heterocycles. The first-order chi connectivity index (χ1) is 41.9. The molecule has 16 rings (SSSR count). The van der Waals surface area contributed by atoms with E-state index in [0.29, 0.717) is 0 Å². The van der Waals surface area contributed by atoms with Crippen molar-refractivity contribution in [2.24, 2.45) is 0 Å². The molecule has 14 bridgehead atoms. The molecule has 1 unspecified atom stereocenters. The van der Waals surface area contributed by atoms with Gasteiger partial charge in [-0.3, -0.25) is 0 Å². The van der Waals surface area contributed by atoms with E-state index in [2.05, 4.69) is 0 Å². The normalized spacial score (nSPS) is 55.2. The van der Waals surface area contributed by atoms with Crippen molar-refractivity contribution in [3.05, 3.63) is 0 Å². The van der Waals surface area contributed by atoms with Crippen LogP contribution in [0.5, 0.6) is 0 Å². The molecular formula is C48H80O40. The zero-order chi connectivity index (χ0) is 64.1. The molecule has 16 fully saturated rings. The molecule has 40 heteroatoms. The van der Waals surface area contributed by atoms with Crippen molar-refractivity contribution in [1.29, 1.82) is 0 Å². The predicted octanol–water partition coefficient (Wildman–Crippen LogP) is -17.4. The largest absolute Gasteiger partial charge is 0.394 e. The van der Waals surface area contributed by atoms with Gasteiger partial charge >= 0.3 is 0 Å². The van der Waals surface area contributed by atoms with E-state index in [1.807, 2.05) is 0 Å². The predicted molar refractivity (Wildman–Crippen MR) is 261 cm³/mol. The summed E-state index contributed by atoms with van der Waals surface area (Å²) in [4.78, 5) is 0. The number of fused-ring (bicyclic) bond motifs is 7. The van der Waals surface area contributed by atoms with Gasteiger partial charge in [-0.25, -0.2) is 0 Å². The quantitative estimate of drug-likeness (QED) is 0.0966. The van der Waals surface area contributed by atoms with Crippen LogP contribution in [0.3, 0.4) is 0 Å². The lowest BCUT2D eigenvalue weighted by Crippen LogP contribution is -2.69. The fraction of sp³-hybridized carbons (Fsp3) is 1.00. The second-order valence-electron chi connectivity index (χ2n) is 22.5. The van der Waals surface area contributed by atoms with E-state index < -0.39 is 299 Å². The molecule has 0 aliphatic carbocycles. The zero-order valence-corrected chi connectivity index (χ0v) is 46.0. The Morgan fingerprint density at radius 2 is 0.386 bits per heavy atom. The fourth-order valence-electron chi connectivity index (χ4n) is 12.0. The van der Waals surface area contributed by atoms with Crippen molar-refractivity contribution in [1.82, 2.24) is 0 Å². The van der Waals surface area contributed by atoms with Crippen molar-refractivity contribution in [3.63, 3.8) is 0 Å². The molecule has 24 N–H and O–H groups in total. The Kier molecular flexibility index (Phi) is 24.1.